The van der Waals surface area contributed by atoms with Gasteiger partial charge in [0, 0.05) is 30.6 Å². The Hall–Kier alpha value is -1.22. The monoisotopic (exact) mass is 275 g/mol. The van der Waals surface area contributed by atoms with Gasteiger partial charge in [-0.15, -0.1) is 0 Å². The molecule has 3 nitrogen and oxygen atoms in total. The van der Waals surface area contributed by atoms with Gasteiger partial charge in [-0.2, -0.15) is 0 Å². The van der Waals surface area contributed by atoms with E-state index in [4.69, 9.17) is 4.74 Å². The lowest BCUT2D eigenvalue weighted by molar-refractivity contribution is 0.0354. The van der Waals surface area contributed by atoms with Gasteiger partial charge in [-0.25, -0.2) is 0 Å². The SMILES string of the molecule is CCC1CCN(C2CC(C)(C)Oc3cc(O)ccc32)C1. The fourth-order valence-electron chi connectivity index (χ4n) is 3.61. The first-order valence-corrected chi connectivity index (χ1v) is 7.74. The number of phenolic OH excluding ortho intramolecular Hbond substituents is 1. The molecular formula is C17H25NO2. The van der Waals surface area contributed by atoms with Gasteiger partial charge in [0.05, 0.1) is 0 Å². The van der Waals surface area contributed by atoms with Gasteiger partial charge in [-0.1, -0.05) is 19.4 Å². The number of phenols is 1. The molecule has 2 heterocycles. The van der Waals surface area contributed by atoms with Crippen LogP contribution in [0.2, 0.25) is 0 Å². The van der Waals surface area contributed by atoms with Crippen molar-refractivity contribution in [2.45, 2.75) is 51.7 Å². The van der Waals surface area contributed by atoms with Crippen LogP contribution in [0, 0.1) is 5.92 Å². The van der Waals surface area contributed by atoms with Crippen molar-refractivity contribution in [1.82, 2.24) is 4.90 Å². The Kier molecular flexibility index (Phi) is 3.41. The summed E-state index contributed by atoms with van der Waals surface area (Å²) in [4.78, 5) is 2.61. The highest BCUT2D eigenvalue weighted by Gasteiger charge is 2.38. The van der Waals surface area contributed by atoms with Crippen molar-refractivity contribution in [3.8, 4) is 11.5 Å². The zero-order chi connectivity index (χ0) is 14.3. The average Bonchev–Trinajstić information content (AvgIpc) is 2.84. The van der Waals surface area contributed by atoms with Crippen LogP contribution in [0.15, 0.2) is 18.2 Å². The lowest BCUT2D eigenvalue weighted by Crippen LogP contribution is -2.40. The second kappa shape index (κ2) is 4.96. The Morgan fingerprint density at radius 2 is 2.20 bits per heavy atom. The molecule has 0 aromatic heterocycles. The highest BCUT2D eigenvalue weighted by Crippen LogP contribution is 2.45. The molecule has 1 fully saturated rings. The van der Waals surface area contributed by atoms with E-state index in [2.05, 4.69) is 25.7 Å². The fourth-order valence-corrected chi connectivity index (χ4v) is 3.61. The van der Waals surface area contributed by atoms with Gasteiger partial charge in [0.25, 0.3) is 0 Å². The van der Waals surface area contributed by atoms with Crippen molar-refractivity contribution in [3.05, 3.63) is 23.8 Å². The van der Waals surface area contributed by atoms with Crippen LogP contribution < -0.4 is 4.74 Å². The van der Waals surface area contributed by atoms with Gasteiger partial charge in [-0.05, 0) is 38.8 Å². The maximum absolute atomic E-state index is 9.70. The zero-order valence-corrected chi connectivity index (χ0v) is 12.7. The van der Waals surface area contributed by atoms with Gasteiger partial charge in [0.1, 0.15) is 17.1 Å². The van der Waals surface area contributed by atoms with Gasteiger partial charge >= 0.3 is 0 Å². The summed E-state index contributed by atoms with van der Waals surface area (Å²) in [6.07, 6.45) is 3.59. The van der Waals surface area contributed by atoms with Crippen LogP contribution in [0.1, 0.15) is 51.6 Å². The van der Waals surface area contributed by atoms with E-state index in [9.17, 15) is 5.11 Å². The minimum atomic E-state index is -0.171. The Balaban J connectivity index is 1.91. The zero-order valence-electron chi connectivity index (χ0n) is 12.7. The number of hydrogen-bond donors (Lipinski definition) is 1. The summed E-state index contributed by atoms with van der Waals surface area (Å²) in [7, 11) is 0. The lowest BCUT2D eigenvalue weighted by Gasteiger charge is -2.41. The minimum absolute atomic E-state index is 0.171. The highest BCUT2D eigenvalue weighted by atomic mass is 16.5. The van der Waals surface area contributed by atoms with E-state index in [0.29, 0.717) is 6.04 Å². The Bertz CT molecular complexity index is 498. The fraction of sp³-hybridized carbons (Fsp3) is 0.647. The van der Waals surface area contributed by atoms with Crippen molar-refractivity contribution >= 4 is 0 Å². The molecule has 1 aromatic rings. The topological polar surface area (TPSA) is 32.7 Å². The van der Waals surface area contributed by atoms with Gasteiger partial charge < -0.3 is 9.84 Å². The third kappa shape index (κ3) is 2.51. The number of likely N-dealkylation sites (tertiary alicyclic amines) is 1. The molecule has 1 aromatic carbocycles. The van der Waals surface area contributed by atoms with E-state index in [1.807, 2.05) is 6.07 Å². The summed E-state index contributed by atoms with van der Waals surface area (Å²) < 4.78 is 6.06. The van der Waals surface area contributed by atoms with E-state index in [0.717, 1.165) is 18.1 Å². The summed E-state index contributed by atoms with van der Waals surface area (Å²) in [6.45, 7) is 8.94. The van der Waals surface area contributed by atoms with Crippen LogP contribution >= 0.6 is 0 Å². The largest absolute Gasteiger partial charge is 0.508 e. The summed E-state index contributed by atoms with van der Waals surface area (Å²) in [5, 5.41) is 9.70. The summed E-state index contributed by atoms with van der Waals surface area (Å²) in [5.41, 5.74) is 1.06. The first kappa shape index (κ1) is 13.7. The van der Waals surface area contributed by atoms with E-state index >= 15 is 0 Å². The van der Waals surface area contributed by atoms with Crippen LogP contribution in [0.5, 0.6) is 11.5 Å². The maximum atomic E-state index is 9.70. The number of hydrogen-bond acceptors (Lipinski definition) is 3. The Labute approximate surface area is 121 Å². The molecule has 2 unspecified atom stereocenters. The summed E-state index contributed by atoms with van der Waals surface area (Å²) in [6, 6.07) is 5.99. The number of ether oxygens (including phenoxy) is 1. The average molecular weight is 275 g/mol. The molecule has 2 aliphatic heterocycles. The lowest BCUT2D eigenvalue weighted by atomic mass is 9.88. The molecule has 20 heavy (non-hydrogen) atoms. The molecule has 1 saturated heterocycles. The van der Waals surface area contributed by atoms with Crippen LogP contribution in [0.25, 0.3) is 0 Å². The van der Waals surface area contributed by atoms with Gasteiger partial charge in [-0.3, -0.25) is 4.90 Å². The predicted octanol–water partition coefficient (Wildman–Crippen LogP) is 3.73. The van der Waals surface area contributed by atoms with Crippen molar-refractivity contribution in [1.29, 1.82) is 0 Å². The molecule has 0 amide bonds. The summed E-state index contributed by atoms with van der Waals surface area (Å²) in [5.74, 6) is 1.97. The number of rotatable bonds is 2. The number of fused-ring (bicyclic) bond motifs is 1. The number of aromatic hydroxyl groups is 1. The molecular weight excluding hydrogens is 250 g/mol. The molecule has 3 rings (SSSR count). The van der Waals surface area contributed by atoms with E-state index in [-0.39, 0.29) is 11.4 Å². The molecule has 0 radical (unpaired) electrons. The summed E-state index contributed by atoms with van der Waals surface area (Å²) >= 11 is 0. The molecule has 0 aliphatic carbocycles. The van der Waals surface area contributed by atoms with Crippen molar-refractivity contribution < 1.29 is 9.84 Å². The number of nitrogens with zero attached hydrogens (tertiary/aromatic N) is 1. The molecule has 2 aliphatic rings. The third-order valence-electron chi connectivity index (χ3n) is 4.76. The second-order valence-corrected chi connectivity index (χ2v) is 6.86. The van der Waals surface area contributed by atoms with Crippen molar-refractivity contribution in [3.63, 3.8) is 0 Å². The van der Waals surface area contributed by atoms with E-state index in [1.165, 1.54) is 31.5 Å². The highest BCUT2D eigenvalue weighted by molar-refractivity contribution is 5.44. The predicted molar refractivity (Wildman–Crippen MR) is 80.1 cm³/mol. The quantitative estimate of drug-likeness (QED) is 0.892. The van der Waals surface area contributed by atoms with Gasteiger partial charge in [0.15, 0.2) is 0 Å². The molecule has 0 saturated carbocycles. The molecule has 110 valence electrons. The Morgan fingerprint density at radius 3 is 2.90 bits per heavy atom. The van der Waals surface area contributed by atoms with Crippen molar-refractivity contribution in [2.75, 3.05) is 13.1 Å². The van der Waals surface area contributed by atoms with Crippen LogP contribution in [0.3, 0.4) is 0 Å². The third-order valence-corrected chi connectivity index (χ3v) is 4.76. The second-order valence-electron chi connectivity index (χ2n) is 6.86. The van der Waals surface area contributed by atoms with Gasteiger partial charge in [0.2, 0.25) is 0 Å². The normalized spacial score (nSPS) is 28.9. The Morgan fingerprint density at radius 1 is 1.40 bits per heavy atom. The molecule has 2 atom stereocenters. The molecule has 1 N–H and O–H groups in total. The molecule has 3 heteroatoms. The van der Waals surface area contributed by atoms with E-state index < -0.39 is 0 Å². The van der Waals surface area contributed by atoms with Crippen LogP contribution in [-0.2, 0) is 0 Å². The minimum Gasteiger partial charge on any atom is -0.508 e. The molecule has 0 bridgehead atoms. The standard InChI is InChI=1S/C17H25NO2/c1-4-12-7-8-18(11-12)15-10-17(2,3)20-16-9-13(19)5-6-14(15)16/h5-6,9,12,15,19H,4,7-8,10-11H2,1-3H3. The smallest absolute Gasteiger partial charge is 0.128 e. The van der Waals surface area contributed by atoms with E-state index in [1.54, 1.807) is 12.1 Å². The number of benzene rings is 1. The van der Waals surface area contributed by atoms with Crippen LogP contribution in [-0.4, -0.2) is 28.7 Å². The first-order valence-electron chi connectivity index (χ1n) is 7.74. The molecule has 0 spiro atoms. The first-order chi connectivity index (χ1) is 9.48. The van der Waals surface area contributed by atoms with Crippen molar-refractivity contribution in [2.24, 2.45) is 5.92 Å². The van der Waals surface area contributed by atoms with Crippen LogP contribution in [0.4, 0.5) is 0 Å². The maximum Gasteiger partial charge on any atom is 0.128 e.